The maximum absolute atomic E-state index is 12.5. The summed E-state index contributed by atoms with van der Waals surface area (Å²) < 4.78 is 61.8. The van der Waals surface area contributed by atoms with Crippen molar-refractivity contribution >= 4 is 49.1 Å². The average molecular weight is 454 g/mol. The number of sulfone groups is 1. The molecular formula is C15H11BrF3NO3S2. The molecule has 2 rings (SSSR count). The number of alkyl halides is 3. The van der Waals surface area contributed by atoms with Crippen molar-refractivity contribution in [1.29, 1.82) is 0 Å². The second kappa shape index (κ2) is 7.79. The van der Waals surface area contributed by atoms with Crippen LogP contribution in [-0.2, 0) is 14.6 Å². The Balaban J connectivity index is 2.09. The molecule has 0 unspecified atom stereocenters. The Labute approximate surface area is 154 Å². The lowest BCUT2D eigenvalue weighted by Gasteiger charge is -2.08. The maximum Gasteiger partial charge on any atom is 0.442 e. The van der Waals surface area contributed by atoms with Crippen molar-refractivity contribution in [2.45, 2.75) is 15.3 Å². The van der Waals surface area contributed by atoms with Gasteiger partial charge in [-0.1, -0.05) is 15.9 Å². The van der Waals surface area contributed by atoms with E-state index >= 15 is 0 Å². The van der Waals surface area contributed by atoms with E-state index in [2.05, 4.69) is 21.2 Å². The Morgan fingerprint density at radius 3 is 1.96 bits per heavy atom. The van der Waals surface area contributed by atoms with Gasteiger partial charge >= 0.3 is 5.51 Å². The van der Waals surface area contributed by atoms with Gasteiger partial charge in [-0.25, -0.2) is 8.42 Å². The molecule has 1 N–H and O–H groups in total. The predicted molar refractivity (Wildman–Crippen MR) is 93.2 cm³/mol. The lowest BCUT2D eigenvalue weighted by Crippen LogP contribution is -2.17. The summed E-state index contributed by atoms with van der Waals surface area (Å²) in [5.41, 5.74) is -4.28. The molecule has 134 valence electrons. The topological polar surface area (TPSA) is 63.2 Å². The summed E-state index contributed by atoms with van der Waals surface area (Å²) in [6, 6.07) is 11.3. The van der Waals surface area contributed by atoms with Crippen LogP contribution in [0.2, 0.25) is 0 Å². The monoisotopic (exact) mass is 453 g/mol. The number of carbonyl (C=O) groups is 1. The van der Waals surface area contributed by atoms with E-state index in [1.807, 2.05) is 0 Å². The Morgan fingerprint density at radius 1 is 1.00 bits per heavy atom. The van der Waals surface area contributed by atoms with E-state index in [9.17, 15) is 26.4 Å². The molecule has 25 heavy (non-hydrogen) atoms. The Morgan fingerprint density at radius 2 is 1.48 bits per heavy atom. The second-order valence-corrected chi connectivity index (χ2v) is 8.67. The standard InChI is InChI=1S/C15H11BrF3NO3S2/c16-10-1-5-12(6-2-10)25(22,23)13-7-3-11(4-8-13)20-14(21)9-24-15(17,18)19/h1-8H,9H2,(H,20,21). The highest BCUT2D eigenvalue weighted by Crippen LogP contribution is 2.30. The van der Waals surface area contributed by atoms with E-state index in [4.69, 9.17) is 0 Å². The third-order valence-electron chi connectivity index (χ3n) is 2.94. The summed E-state index contributed by atoms with van der Waals surface area (Å²) in [6.07, 6.45) is 0. The van der Waals surface area contributed by atoms with E-state index in [0.717, 1.165) is 4.47 Å². The lowest BCUT2D eigenvalue weighted by atomic mass is 10.3. The summed E-state index contributed by atoms with van der Waals surface area (Å²) >= 11 is 2.77. The van der Waals surface area contributed by atoms with Crippen LogP contribution in [-0.4, -0.2) is 25.6 Å². The third-order valence-corrected chi connectivity index (χ3v) is 5.99. The zero-order valence-electron chi connectivity index (χ0n) is 12.4. The van der Waals surface area contributed by atoms with E-state index in [0.29, 0.717) is 0 Å². The molecule has 2 aromatic carbocycles. The van der Waals surface area contributed by atoms with Gasteiger partial charge in [0.15, 0.2) is 0 Å². The van der Waals surface area contributed by atoms with Crippen LogP contribution in [0.25, 0.3) is 0 Å². The normalized spacial score (nSPS) is 12.0. The first-order valence-corrected chi connectivity index (χ1v) is 9.95. The van der Waals surface area contributed by atoms with Crippen LogP contribution >= 0.6 is 27.7 Å². The van der Waals surface area contributed by atoms with Crippen molar-refractivity contribution in [2.24, 2.45) is 0 Å². The predicted octanol–water partition coefficient (Wildman–Crippen LogP) is 4.47. The van der Waals surface area contributed by atoms with Gasteiger partial charge in [0, 0.05) is 10.2 Å². The van der Waals surface area contributed by atoms with Gasteiger partial charge in [0.1, 0.15) is 0 Å². The van der Waals surface area contributed by atoms with Gasteiger partial charge in [0.25, 0.3) is 0 Å². The first-order chi connectivity index (χ1) is 11.6. The van der Waals surface area contributed by atoms with Crippen molar-refractivity contribution in [3.05, 3.63) is 53.0 Å². The fourth-order valence-electron chi connectivity index (χ4n) is 1.81. The molecule has 0 fully saturated rings. The van der Waals surface area contributed by atoms with Crippen LogP contribution in [0.3, 0.4) is 0 Å². The number of anilines is 1. The zero-order valence-corrected chi connectivity index (χ0v) is 15.6. The largest absolute Gasteiger partial charge is 0.442 e. The highest BCUT2D eigenvalue weighted by atomic mass is 79.9. The van der Waals surface area contributed by atoms with E-state index < -0.39 is 38.8 Å². The molecule has 0 aliphatic heterocycles. The molecule has 0 spiro atoms. The molecular weight excluding hydrogens is 443 g/mol. The van der Waals surface area contributed by atoms with Gasteiger partial charge in [0.05, 0.1) is 15.5 Å². The van der Waals surface area contributed by atoms with Gasteiger partial charge in [-0.2, -0.15) is 13.2 Å². The average Bonchev–Trinajstić information content (AvgIpc) is 2.53. The summed E-state index contributed by atoms with van der Waals surface area (Å²) in [4.78, 5) is 11.6. The summed E-state index contributed by atoms with van der Waals surface area (Å²) in [5, 5.41) is 2.28. The highest BCUT2D eigenvalue weighted by molar-refractivity contribution is 9.10. The second-order valence-electron chi connectivity index (χ2n) is 4.76. The molecule has 10 heteroatoms. The van der Waals surface area contributed by atoms with E-state index in [1.54, 1.807) is 12.1 Å². The number of benzene rings is 2. The summed E-state index contributed by atoms with van der Waals surface area (Å²) in [6.45, 7) is 0. The smallest absolute Gasteiger partial charge is 0.325 e. The van der Waals surface area contributed by atoms with Gasteiger partial charge in [-0.15, -0.1) is 0 Å². The minimum atomic E-state index is -4.49. The van der Waals surface area contributed by atoms with Crippen molar-refractivity contribution in [3.8, 4) is 0 Å². The SMILES string of the molecule is O=C(CSC(F)(F)F)Nc1ccc(S(=O)(=O)c2ccc(Br)cc2)cc1. The minimum absolute atomic E-state index is 0.0116. The molecule has 0 bridgehead atoms. The first-order valence-electron chi connectivity index (χ1n) is 6.69. The number of halogens is 4. The van der Waals surface area contributed by atoms with Gasteiger partial charge in [-0.05, 0) is 60.3 Å². The first kappa shape index (κ1) is 19.8. The molecule has 0 saturated carbocycles. The molecule has 2 aromatic rings. The molecule has 0 aliphatic rings. The van der Waals surface area contributed by atoms with Crippen LogP contribution in [0.4, 0.5) is 18.9 Å². The molecule has 0 heterocycles. The molecule has 0 radical (unpaired) electrons. The van der Waals surface area contributed by atoms with Crippen molar-refractivity contribution in [2.75, 3.05) is 11.1 Å². The van der Waals surface area contributed by atoms with Crippen LogP contribution < -0.4 is 5.32 Å². The fraction of sp³-hybridized carbons (Fsp3) is 0.133. The maximum atomic E-state index is 12.5. The quantitative estimate of drug-likeness (QED) is 0.724. The zero-order chi connectivity index (χ0) is 18.7. The molecule has 0 aliphatic carbocycles. The Bertz CT molecular complexity index is 851. The van der Waals surface area contributed by atoms with Gasteiger partial charge < -0.3 is 5.32 Å². The van der Waals surface area contributed by atoms with E-state index in [-0.39, 0.29) is 15.5 Å². The van der Waals surface area contributed by atoms with Gasteiger partial charge in [-0.3, -0.25) is 4.79 Å². The van der Waals surface area contributed by atoms with Crippen molar-refractivity contribution in [3.63, 3.8) is 0 Å². The lowest BCUT2D eigenvalue weighted by molar-refractivity contribution is -0.114. The number of hydrogen-bond donors (Lipinski definition) is 1. The summed E-state index contributed by atoms with van der Waals surface area (Å²) in [7, 11) is -3.72. The number of carbonyl (C=O) groups excluding carboxylic acids is 1. The van der Waals surface area contributed by atoms with E-state index in [1.165, 1.54) is 36.4 Å². The highest BCUT2D eigenvalue weighted by Gasteiger charge is 2.29. The van der Waals surface area contributed by atoms with Crippen molar-refractivity contribution in [1.82, 2.24) is 0 Å². The van der Waals surface area contributed by atoms with Crippen LogP contribution in [0.15, 0.2) is 62.8 Å². The minimum Gasteiger partial charge on any atom is -0.325 e. The molecule has 0 atom stereocenters. The van der Waals surface area contributed by atoms with Gasteiger partial charge in [0.2, 0.25) is 15.7 Å². The fourth-order valence-corrected chi connectivity index (χ4v) is 3.70. The molecule has 4 nitrogen and oxygen atoms in total. The number of rotatable bonds is 5. The number of amides is 1. The molecule has 1 amide bonds. The number of hydrogen-bond acceptors (Lipinski definition) is 4. The Hall–Kier alpha value is -1.52. The van der Waals surface area contributed by atoms with Crippen LogP contribution in [0.1, 0.15) is 0 Å². The Kier molecular flexibility index (Phi) is 6.17. The number of thioether (sulfide) groups is 1. The van der Waals surface area contributed by atoms with Crippen LogP contribution in [0, 0.1) is 0 Å². The molecule has 0 aromatic heterocycles. The van der Waals surface area contributed by atoms with Crippen LogP contribution in [0.5, 0.6) is 0 Å². The van der Waals surface area contributed by atoms with Crippen molar-refractivity contribution < 1.29 is 26.4 Å². The third kappa shape index (κ3) is 5.75. The summed E-state index contributed by atoms with van der Waals surface area (Å²) in [5.74, 6) is -1.60. The number of nitrogens with one attached hydrogen (secondary N) is 1. The molecule has 0 saturated heterocycles.